The molecular weight excluding hydrogens is 343 g/mol. The zero-order chi connectivity index (χ0) is 10.9. The first kappa shape index (κ1) is 12.9. The van der Waals surface area contributed by atoms with E-state index in [4.69, 9.17) is 17.9 Å². The first-order valence-corrected chi connectivity index (χ1v) is 10.3. The number of rotatable bonds is 1. The smallest absolute Gasteiger partial charge is 0.0184 e. The first-order chi connectivity index (χ1) is 7.38. The standard InChI is InChI=1S/C12H10.Cl2Te/c1-3-7-11(8-4-1)12-9-5-2-6-10-12;1-3-2/h1-10H;. The van der Waals surface area contributed by atoms with Crippen LogP contribution >= 0.6 is 17.9 Å². The van der Waals surface area contributed by atoms with E-state index in [9.17, 15) is 0 Å². The summed E-state index contributed by atoms with van der Waals surface area (Å²) in [4.78, 5) is 0. The molecule has 2 aromatic carbocycles. The molecular formula is C12H10Cl2Te. The monoisotopic (exact) mass is 354 g/mol. The Morgan fingerprint density at radius 2 is 0.867 bits per heavy atom. The average Bonchev–Trinajstić information content (AvgIpc) is 2.32. The van der Waals surface area contributed by atoms with Gasteiger partial charge in [-0.05, 0) is 11.1 Å². The molecule has 0 fully saturated rings. The van der Waals surface area contributed by atoms with Gasteiger partial charge in [0.05, 0.1) is 0 Å². The number of hydrogen-bond donors (Lipinski definition) is 0. The van der Waals surface area contributed by atoms with Crippen molar-refractivity contribution in [3.63, 3.8) is 0 Å². The molecule has 0 aliphatic carbocycles. The van der Waals surface area contributed by atoms with Gasteiger partial charge in [0.25, 0.3) is 0 Å². The maximum Gasteiger partial charge on any atom is -0.0184 e. The third kappa shape index (κ3) is 4.91. The van der Waals surface area contributed by atoms with Gasteiger partial charge in [-0.3, -0.25) is 0 Å². The first-order valence-electron chi connectivity index (χ1n) is 4.38. The van der Waals surface area contributed by atoms with Crippen molar-refractivity contribution >= 4 is 36.6 Å². The summed E-state index contributed by atoms with van der Waals surface area (Å²) in [5.74, 6) is 0. The van der Waals surface area contributed by atoms with Crippen LogP contribution in [0.4, 0.5) is 0 Å². The van der Waals surface area contributed by atoms with E-state index in [0.29, 0.717) is 0 Å². The molecule has 2 aromatic rings. The fraction of sp³-hybridized carbons (Fsp3) is 0. The van der Waals surface area contributed by atoms with Crippen molar-refractivity contribution in [3.05, 3.63) is 60.7 Å². The van der Waals surface area contributed by atoms with Crippen LogP contribution in [0.5, 0.6) is 0 Å². The molecule has 0 radical (unpaired) electrons. The van der Waals surface area contributed by atoms with Crippen LogP contribution in [0.3, 0.4) is 0 Å². The van der Waals surface area contributed by atoms with Crippen molar-refractivity contribution in [2.24, 2.45) is 0 Å². The number of hydrogen-bond acceptors (Lipinski definition) is 0. The second-order valence-electron chi connectivity index (χ2n) is 2.79. The molecule has 15 heavy (non-hydrogen) atoms. The SMILES string of the molecule is Cl[Te]Cl.c1ccc(-c2ccccc2)cc1. The van der Waals surface area contributed by atoms with E-state index in [1.165, 1.54) is 11.1 Å². The van der Waals surface area contributed by atoms with Gasteiger partial charge in [-0.15, -0.1) is 0 Å². The summed E-state index contributed by atoms with van der Waals surface area (Å²) in [7, 11) is 9.79. The summed E-state index contributed by atoms with van der Waals surface area (Å²) in [6.07, 6.45) is 0. The number of benzene rings is 2. The molecule has 0 saturated heterocycles. The summed E-state index contributed by atoms with van der Waals surface area (Å²) in [6.45, 7) is 0. The molecule has 0 bridgehead atoms. The van der Waals surface area contributed by atoms with Gasteiger partial charge in [-0.1, -0.05) is 60.7 Å². The van der Waals surface area contributed by atoms with Crippen LogP contribution in [-0.4, -0.2) is 18.7 Å². The van der Waals surface area contributed by atoms with Gasteiger partial charge >= 0.3 is 36.6 Å². The van der Waals surface area contributed by atoms with E-state index in [1.807, 2.05) is 12.1 Å². The quantitative estimate of drug-likeness (QED) is 0.669. The van der Waals surface area contributed by atoms with E-state index in [0.717, 1.165) is 0 Å². The van der Waals surface area contributed by atoms with Crippen LogP contribution in [0.15, 0.2) is 60.7 Å². The minimum absolute atomic E-state index is 0.586. The Morgan fingerprint density at radius 3 is 1.13 bits per heavy atom. The Hall–Kier alpha value is -0.190. The van der Waals surface area contributed by atoms with Crippen LogP contribution in [0.1, 0.15) is 0 Å². The van der Waals surface area contributed by atoms with E-state index >= 15 is 0 Å². The maximum absolute atomic E-state index is 4.89. The normalized spacial score (nSPS) is 8.93. The van der Waals surface area contributed by atoms with Gasteiger partial charge in [-0.25, -0.2) is 0 Å². The molecule has 0 aliphatic heterocycles. The molecule has 0 nitrogen and oxygen atoms in total. The Morgan fingerprint density at radius 1 is 0.600 bits per heavy atom. The van der Waals surface area contributed by atoms with Crippen molar-refractivity contribution < 1.29 is 0 Å². The van der Waals surface area contributed by atoms with E-state index in [2.05, 4.69) is 48.5 Å². The van der Waals surface area contributed by atoms with Crippen molar-refractivity contribution in [1.82, 2.24) is 0 Å². The summed E-state index contributed by atoms with van der Waals surface area (Å²) >= 11 is -0.586. The van der Waals surface area contributed by atoms with Crippen LogP contribution in [0.2, 0.25) is 0 Å². The second kappa shape index (κ2) is 8.02. The van der Waals surface area contributed by atoms with Gasteiger partial charge < -0.3 is 0 Å². The topological polar surface area (TPSA) is 0 Å². The van der Waals surface area contributed by atoms with E-state index < -0.39 is 18.7 Å². The molecule has 0 amide bonds. The Balaban J connectivity index is 0.000000337. The minimum atomic E-state index is -0.586. The molecule has 0 saturated carbocycles. The van der Waals surface area contributed by atoms with Gasteiger partial charge in [0.15, 0.2) is 0 Å². The van der Waals surface area contributed by atoms with Crippen molar-refractivity contribution in [2.75, 3.05) is 0 Å². The fourth-order valence-corrected chi connectivity index (χ4v) is 1.26. The van der Waals surface area contributed by atoms with E-state index in [1.54, 1.807) is 0 Å². The number of halogens is 2. The van der Waals surface area contributed by atoms with Crippen molar-refractivity contribution in [1.29, 1.82) is 0 Å². The molecule has 0 N–H and O–H groups in total. The largest absolute Gasteiger partial charge is 0.0622 e. The van der Waals surface area contributed by atoms with Gasteiger partial charge in [0.1, 0.15) is 0 Å². The van der Waals surface area contributed by atoms with E-state index in [-0.39, 0.29) is 0 Å². The third-order valence-corrected chi connectivity index (χ3v) is 1.88. The van der Waals surface area contributed by atoms with Crippen molar-refractivity contribution in [2.45, 2.75) is 0 Å². The maximum atomic E-state index is 4.89. The Kier molecular flexibility index (Phi) is 6.88. The predicted octanol–water partition coefficient (Wildman–Crippen LogP) is 4.35. The summed E-state index contributed by atoms with van der Waals surface area (Å²) in [5.41, 5.74) is 2.55. The molecule has 0 aliphatic rings. The molecule has 0 atom stereocenters. The third-order valence-electron chi connectivity index (χ3n) is 1.88. The molecule has 0 heterocycles. The van der Waals surface area contributed by atoms with Gasteiger partial charge in [-0.2, -0.15) is 0 Å². The molecule has 2 rings (SSSR count). The van der Waals surface area contributed by atoms with Gasteiger partial charge in [0.2, 0.25) is 0 Å². The summed E-state index contributed by atoms with van der Waals surface area (Å²) in [6, 6.07) is 20.8. The predicted molar refractivity (Wildman–Crippen MR) is 69.3 cm³/mol. The zero-order valence-corrected chi connectivity index (χ0v) is 11.8. The summed E-state index contributed by atoms with van der Waals surface area (Å²) in [5, 5.41) is 0. The molecule has 3 heteroatoms. The fourth-order valence-electron chi connectivity index (χ4n) is 1.26. The van der Waals surface area contributed by atoms with Gasteiger partial charge in [0, 0.05) is 0 Å². The second-order valence-corrected chi connectivity index (χ2v) is 6.25. The van der Waals surface area contributed by atoms with Crippen molar-refractivity contribution in [3.8, 4) is 11.1 Å². The molecule has 78 valence electrons. The minimum Gasteiger partial charge on any atom is -0.0622 e. The van der Waals surface area contributed by atoms with Crippen LogP contribution in [0.25, 0.3) is 11.1 Å². The Bertz CT molecular complexity index is 324. The van der Waals surface area contributed by atoms with Crippen LogP contribution in [0, 0.1) is 0 Å². The molecule has 0 spiro atoms. The average molecular weight is 353 g/mol. The van der Waals surface area contributed by atoms with Crippen LogP contribution in [-0.2, 0) is 0 Å². The zero-order valence-electron chi connectivity index (χ0n) is 7.94. The molecule has 0 aromatic heterocycles. The molecule has 0 unspecified atom stereocenters. The van der Waals surface area contributed by atoms with Crippen LogP contribution < -0.4 is 0 Å². The Labute approximate surface area is 108 Å². The summed E-state index contributed by atoms with van der Waals surface area (Å²) < 4.78 is 0.